The van der Waals surface area contributed by atoms with Crippen LogP contribution in [0, 0.1) is 3.57 Å². The van der Waals surface area contributed by atoms with Crippen molar-refractivity contribution in [2.45, 2.75) is 25.5 Å². The minimum Gasteiger partial charge on any atom is -0.484 e. The molecule has 104 valence electrons. The number of carboxylic acid groups (broad SMARTS) is 1. The van der Waals surface area contributed by atoms with Crippen molar-refractivity contribution >= 4 is 28.6 Å². The summed E-state index contributed by atoms with van der Waals surface area (Å²) in [5.74, 6) is 0.203. The molecule has 1 heterocycles. The van der Waals surface area contributed by atoms with Crippen LogP contribution in [-0.4, -0.2) is 31.3 Å². The van der Waals surface area contributed by atoms with E-state index in [1.165, 1.54) is 6.07 Å². The minimum atomic E-state index is -0.978. The van der Waals surface area contributed by atoms with E-state index in [0.29, 0.717) is 17.6 Å². The standard InChI is InChI=1S/C12H11IN4O3/c13-9-4-1-7(12(18)19)5-10(9)20-6-11-14-15-16-17(11)8-2-3-8/h1,4-5,8H,2-3,6H2,(H,18,19). The molecule has 0 spiro atoms. The summed E-state index contributed by atoms with van der Waals surface area (Å²) in [6.45, 7) is 0.225. The lowest BCUT2D eigenvalue weighted by molar-refractivity contribution is 0.0696. The number of benzene rings is 1. The molecule has 0 radical (unpaired) electrons. The number of rotatable bonds is 5. The van der Waals surface area contributed by atoms with Gasteiger partial charge in [-0.25, -0.2) is 9.48 Å². The first-order chi connectivity index (χ1) is 9.65. The van der Waals surface area contributed by atoms with Crippen LogP contribution in [0.4, 0.5) is 0 Å². The fourth-order valence-electron chi connectivity index (χ4n) is 1.80. The molecule has 0 amide bonds. The number of aromatic carboxylic acids is 1. The first kappa shape index (κ1) is 13.3. The Balaban J connectivity index is 1.75. The topological polar surface area (TPSA) is 90.1 Å². The van der Waals surface area contributed by atoms with E-state index >= 15 is 0 Å². The van der Waals surface area contributed by atoms with Crippen LogP contribution in [0.15, 0.2) is 18.2 Å². The van der Waals surface area contributed by atoms with Crippen LogP contribution < -0.4 is 4.74 Å². The molecule has 1 saturated carbocycles. The molecule has 3 rings (SSSR count). The van der Waals surface area contributed by atoms with E-state index in [4.69, 9.17) is 9.84 Å². The summed E-state index contributed by atoms with van der Waals surface area (Å²) in [5, 5.41) is 20.5. The Kier molecular flexibility index (Phi) is 3.55. The van der Waals surface area contributed by atoms with Gasteiger partial charge in [-0.15, -0.1) is 5.10 Å². The second kappa shape index (κ2) is 5.35. The van der Waals surface area contributed by atoms with Crippen LogP contribution in [0.25, 0.3) is 0 Å². The van der Waals surface area contributed by atoms with Crippen LogP contribution in [-0.2, 0) is 6.61 Å². The van der Waals surface area contributed by atoms with E-state index in [-0.39, 0.29) is 12.2 Å². The van der Waals surface area contributed by atoms with E-state index in [0.717, 1.165) is 16.4 Å². The molecule has 1 N–H and O–H groups in total. The minimum absolute atomic E-state index is 0.196. The number of ether oxygens (including phenoxy) is 1. The van der Waals surface area contributed by atoms with Crippen molar-refractivity contribution in [1.29, 1.82) is 0 Å². The number of halogens is 1. The highest BCUT2D eigenvalue weighted by Gasteiger charge is 2.27. The molecule has 1 fully saturated rings. The second-order valence-electron chi connectivity index (χ2n) is 4.51. The Morgan fingerprint density at radius 1 is 1.50 bits per heavy atom. The zero-order chi connectivity index (χ0) is 14.1. The molecular formula is C12H11IN4O3. The van der Waals surface area contributed by atoms with Crippen LogP contribution in [0.3, 0.4) is 0 Å². The average Bonchev–Trinajstić information content (AvgIpc) is 3.17. The molecule has 1 aromatic heterocycles. The van der Waals surface area contributed by atoms with Crippen molar-refractivity contribution in [1.82, 2.24) is 20.2 Å². The number of hydrogen-bond donors (Lipinski definition) is 1. The van der Waals surface area contributed by atoms with E-state index in [9.17, 15) is 4.79 Å². The second-order valence-corrected chi connectivity index (χ2v) is 5.67. The third-order valence-corrected chi connectivity index (χ3v) is 3.88. The predicted molar refractivity (Wildman–Crippen MR) is 76.5 cm³/mol. The Morgan fingerprint density at radius 2 is 2.30 bits per heavy atom. The average molecular weight is 386 g/mol. The highest BCUT2D eigenvalue weighted by molar-refractivity contribution is 14.1. The van der Waals surface area contributed by atoms with Gasteiger partial charge in [0.05, 0.1) is 15.2 Å². The zero-order valence-electron chi connectivity index (χ0n) is 10.4. The molecule has 0 aliphatic heterocycles. The molecular weight excluding hydrogens is 375 g/mol. The van der Waals surface area contributed by atoms with Crippen LogP contribution in [0.2, 0.25) is 0 Å². The number of tetrazole rings is 1. The van der Waals surface area contributed by atoms with Crippen molar-refractivity contribution in [2.75, 3.05) is 0 Å². The summed E-state index contributed by atoms with van der Waals surface area (Å²) in [5.41, 5.74) is 0.196. The summed E-state index contributed by atoms with van der Waals surface area (Å²) in [7, 11) is 0. The van der Waals surface area contributed by atoms with Crippen molar-refractivity contribution in [3.63, 3.8) is 0 Å². The summed E-state index contributed by atoms with van der Waals surface area (Å²) < 4.78 is 8.27. The van der Waals surface area contributed by atoms with Gasteiger partial charge in [0.1, 0.15) is 12.4 Å². The van der Waals surface area contributed by atoms with Gasteiger partial charge in [0.15, 0.2) is 5.82 Å². The van der Waals surface area contributed by atoms with Gasteiger partial charge in [-0.05, 0) is 64.1 Å². The summed E-state index contributed by atoms with van der Waals surface area (Å²) >= 11 is 2.10. The number of carboxylic acids is 1. The third kappa shape index (κ3) is 2.74. The fourth-order valence-corrected chi connectivity index (χ4v) is 2.29. The maximum Gasteiger partial charge on any atom is 0.335 e. The first-order valence-corrected chi connectivity index (χ1v) is 7.15. The summed E-state index contributed by atoms with van der Waals surface area (Å²) in [6.07, 6.45) is 2.17. The first-order valence-electron chi connectivity index (χ1n) is 6.07. The van der Waals surface area contributed by atoms with E-state index in [2.05, 4.69) is 38.1 Å². The molecule has 20 heavy (non-hydrogen) atoms. The van der Waals surface area contributed by atoms with Crippen molar-refractivity contribution < 1.29 is 14.6 Å². The lowest BCUT2D eigenvalue weighted by Crippen LogP contribution is -2.08. The lowest BCUT2D eigenvalue weighted by atomic mass is 10.2. The molecule has 2 aromatic rings. The van der Waals surface area contributed by atoms with Gasteiger partial charge in [-0.2, -0.15) is 0 Å². The summed E-state index contributed by atoms with van der Waals surface area (Å²) in [4.78, 5) is 11.0. The Labute approximate surface area is 128 Å². The zero-order valence-corrected chi connectivity index (χ0v) is 12.5. The van der Waals surface area contributed by atoms with E-state index in [1.807, 2.05) is 0 Å². The van der Waals surface area contributed by atoms with Gasteiger partial charge in [0.2, 0.25) is 0 Å². The van der Waals surface area contributed by atoms with E-state index in [1.54, 1.807) is 16.8 Å². The van der Waals surface area contributed by atoms with Crippen LogP contribution >= 0.6 is 22.6 Å². The van der Waals surface area contributed by atoms with Gasteiger partial charge in [0.25, 0.3) is 0 Å². The van der Waals surface area contributed by atoms with Gasteiger partial charge in [-0.1, -0.05) is 0 Å². The van der Waals surface area contributed by atoms with Crippen molar-refractivity contribution in [3.05, 3.63) is 33.2 Å². The molecule has 0 unspecified atom stereocenters. The van der Waals surface area contributed by atoms with Gasteiger partial charge in [0, 0.05) is 0 Å². The molecule has 1 aliphatic carbocycles. The molecule has 7 nitrogen and oxygen atoms in total. The SMILES string of the molecule is O=C(O)c1ccc(I)c(OCc2nnnn2C2CC2)c1. The number of aromatic nitrogens is 4. The smallest absolute Gasteiger partial charge is 0.335 e. The predicted octanol–water partition coefficient (Wildman–Crippen LogP) is 1.89. The molecule has 1 aromatic carbocycles. The largest absolute Gasteiger partial charge is 0.484 e. The number of hydrogen-bond acceptors (Lipinski definition) is 5. The highest BCUT2D eigenvalue weighted by Crippen LogP contribution is 2.34. The molecule has 0 atom stereocenters. The molecule has 8 heteroatoms. The maximum atomic E-state index is 11.0. The molecule has 1 aliphatic rings. The Hall–Kier alpha value is -1.71. The molecule has 0 saturated heterocycles. The Morgan fingerprint density at radius 3 is 3.00 bits per heavy atom. The van der Waals surface area contributed by atoms with Crippen LogP contribution in [0.1, 0.15) is 35.1 Å². The van der Waals surface area contributed by atoms with Crippen LogP contribution in [0.5, 0.6) is 5.75 Å². The van der Waals surface area contributed by atoms with Crippen molar-refractivity contribution in [2.24, 2.45) is 0 Å². The summed E-state index contributed by atoms with van der Waals surface area (Å²) in [6, 6.07) is 5.15. The fraction of sp³-hybridized carbons (Fsp3) is 0.333. The third-order valence-electron chi connectivity index (χ3n) is 2.99. The normalized spacial score (nSPS) is 14.2. The highest BCUT2D eigenvalue weighted by atomic mass is 127. The number of nitrogens with zero attached hydrogens (tertiary/aromatic N) is 4. The van der Waals surface area contributed by atoms with E-state index < -0.39 is 5.97 Å². The van der Waals surface area contributed by atoms with Crippen molar-refractivity contribution in [3.8, 4) is 5.75 Å². The van der Waals surface area contributed by atoms with Gasteiger partial charge in [-0.3, -0.25) is 0 Å². The monoisotopic (exact) mass is 386 g/mol. The maximum absolute atomic E-state index is 11.0. The number of carbonyl (C=O) groups is 1. The van der Waals surface area contributed by atoms with Gasteiger partial charge >= 0.3 is 5.97 Å². The Bertz CT molecular complexity index is 654. The van der Waals surface area contributed by atoms with Gasteiger partial charge < -0.3 is 9.84 Å². The quantitative estimate of drug-likeness (QED) is 0.790. The molecule has 0 bridgehead atoms. The lowest BCUT2D eigenvalue weighted by Gasteiger charge is -2.09.